The lowest BCUT2D eigenvalue weighted by atomic mass is 9.88. The Morgan fingerprint density at radius 1 is 1.25 bits per heavy atom. The molecule has 0 aromatic heterocycles. The van der Waals surface area contributed by atoms with Crippen molar-refractivity contribution in [1.29, 1.82) is 0 Å². The van der Waals surface area contributed by atoms with E-state index in [0.29, 0.717) is 24.6 Å². The van der Waals surface area contributed by atoms with Crippen molar-refractivity contribution in [1.82, 2.24) is 15.5 Å². The first kappa shape index (κ1) is 22.8. The van der Waals surface area contributed by atoms with Gasteiger partial charge in [0.15, 0.2) is 5.96 Å². The third kappa shape index (κ3) is 5.52. The van der Waals surface area contributed by atoms with Crippen molar-refractivity contribution in [2.75, 3.05) is 27.2 Å². The number of likely N-dealkylation sites (tertiary alicyclic amines) is 1. The number of halogens is 1. The van der Waals surface area contributed by atoms with Crippen LogP contribution in [0.25, 0.3) is 0 Å². The van der Waals surface area contributed by atoms with E-state index in [1.54, 1.807) is 14.1 Å². The van der Waals surface area contributed by atoms with Crippen molar-refractivity contribution >= 4 is 35.8 Å². The summed E-state index contributed by atoms with van der Waals surface area (Å²) in [6.07, 6.45) is 7.19. The fraction of sp³-hybridized carbons (Fsp3) is 0.619. The second-order valence-corrected chi connectivity index (χ2v) is 7.62. The van der Waals surface area contributed by atoms with Gasteiger partial charge in [0, 0.05) is 45.7 Å². The predicted octanol–water partition coefficient (Wildman–Crippen LogP) is 2.81. The Hall–Kier alpha value is -1.51. The molecule has 3 N–H and O–H groups in total. The lowest BCUT2D eigenvalue weighted by Crippen LogP contribution is -2.45. The normalized spacial score (nSPS) is 17.5. The number of nitrogens with one attached hydrogen (secondary N) is 2. The molecule has 6 nitrogen and oxygen atoms in total. The number of phenols is 1. The molecule has 0 atom stereocenters. The zero-order valence-corrected chi connectivity index (χ0v) is 19.3. The van der Waals surface area contributed by atoms with E-state index < -0.39 is 0 Å². The number of piperidine rings is 1. The number of hydrogen-bond acceptors (Lipinski definition) is 3. The number of hydrogen-bond donors (Lipinski definition) is 3. The lowest BCUT2D eigenvalue weighted by molar-refractivity contribution is -0.121. The van der Waals surface area contributed by atoms with E-state index in [-0.39, 0.29) is 29.9 Å². The van der Waals surface area contributed by atoms with Gasteiger partial charge in [0.05, 0.1) is 0 Å². The van der Waals surface area contributed by atoms with Gasteiger partial charge < -0.3 is 20.6 Å². The van der Waals surface area contributed by atoms with Crippen molar-refractivity contribution in [3.05, 3.63) is 28.8 Å². The van der Waals surface area contributed by atoms with E-state index >= 15 is 0 Å². The Morgan fingerprint density at radius 3 is 2.64 bits per heavy atom. The minimum absolute atomic E-state index is 0. The molecular weight excluding hydrogens is 467 g/mol. The molecule has 1 aliphatic heterocycles. The highest BCUT2D eigenvalue weighted by Crippen LogP contribution is 2.30. The minimum atomic E-state index is 0. The third-order valence-corrected chi connectivity index (χ3v) is 5.93. The Morgan fingerprint density at radius 2 is 1.96 bits per heavy atom. The molecule has 1 aromatic rings. The van der Waals surface area contributed by atoms with Crippen LogP contribution >= 0.6 is 24.0 Å². The van der Waals surface area contributed by atoms with Crippen molar-refractivity contribution in [2.45, 2.75) is 51.5 Å². The number of guanidine groups is 1. The number of aliphatic imine (C=N–C) groups is 1. The predicted molar refractivity (Wildman–Crippen MR) is 123 cm³/mol. The highest BCUT2D eigenvalue weighted by molar-refractivity contribution is 14.0. The average molecular weight is 500 g/mol. The molecule has 0 bridgehead atoms. The maximum Gasteiger partial charge on any atom is 0.220 e. The fourth-order valence-corrected chi connectivity index (χ4v) is 4.30. The molecule has 0 radical (unpaired) electrons. The summed E-state index contributed by atoms with van der Waals surface area (Å²) in [6, 6.07) is 3.90. The van der Waals surface area contributed by atoms with Gasteiger partial charge >= 0.3 is 0 Å². The van der Waals surface area contributed by atoms with E-state index in [1.165, 1.54) is 24.0 Å². The average Bonchev–Trinajstić information content (AvgIpc) is 2.70. The second-order valence-electron chi connectivity index (χ2n) is 7.62. The number of carbonyl (C=O) groups is 1. The van der Waals surface area contributed by atoms with Gasteiger partial charge in [-0.3, -0.25) is 9.79 Å². The summed E-state index contributed by atoms with van der Waals surface area (Å²) in [6.45, 7) is 2.40. The molecular formula is C21H33IN4O2. The molecule has 1 heterocycles. The van der Waals surface area contributed by atoms with Crippen LogP contribution in [-0.4, -0.2) is 49.1 Å². The fourth-order valence-electron chi connectivity index (χ4n) is 4.30. The van der Waals surface area contributed by atoms with Crippen LogP contribution in [0.2, 0.25) is 0 Å². The van der Waals surface area contributed by atoms with Gasteiger partial charge in [-0.1, -0.05) is 6.07 Å². The number of nitrogens with zero attached hydrogens (tertiary/aromatic N) is 2. The number of fused-ring (bicyclic) bond motifs is 1. The third-order valence-electron chi connectivity index (χ3n) is 5.93. The number of aryl methyl sites for hydroxylation is 1. The van der Waals surface area contributed by atoms with Gasteiger partial charge in [-0.15, -0.1) is 24.0 Å². The number of aromatic hydroxyl groups is 1. The molecule has 0 saturated carbocycles. The standard InChI is InChI=1S/C21H32N4O2.HI/c1-22-20(27)13-15-9-11-25(12-10-15)21(23-2)24-14-18-17-6-4-3-5-16(17)7-8-19(18)26;/h7-8,15,26H,3-6,9-14H2,1-2H3,(H,22,27)(H,23,24);1H. The first-order valence-corrected chi connectivity index (χ1v) is 10.1. The Labute approximate surface area is 185 Å². The van der Waals surface area contributed by atoms with Crippen LogP contribution in [0.3, 0.4) is 0 Å². The number of phenolic OH excluding ortho intramolecular Hbond substituents is 1. The van der Waals surface area contributed by atoms with E-state index in [2.05, 4.69) is 26.6 Å². The summed E-state index contributed by atoms with van der Waals surface area (Å²) in [5.74, 6) is 1.83. The monoisotopic (exact) mass is 500 g/mol. The summed E-state index contributed by atoms with van der Waals surface area (Å²) in [5, 5.41) is 16.5. The summed E-state index contributed by atoms with van der Waals surface area (Å²) in [7, 11) is 3.50. The number of amides is 1. The van der Waals surface area contributed by atoms with Crippen LogP contribution in [-0.2, 0) is 24.2 Å². The van der Waals surface area contributed by atoms with Crippen LogP contribution in [0.5, 0.6) is 5.75 Å². The quantitative estimate of drug-likeness (QED) is 0.338. The molecule has 156 valence electrons. The van der Waals surface area contributed by atoms with Crippen LogP contribution in [0.1, 0.15) is 48.8 Å². The van der Waals surface area contributed by atoms with Crippen molar-refractivity contribution in [2.24, 2.45) is 10.9 Å². The minimum Gasteiger partial charge on any atom is -0.508 e. The molecule has 0 spiro atoms. The van der Waals surface area contributed by atoms with Crippen molar-refractivity contribution in [3.63, 3.8) is 0 Å². The van der Waals surface area contributed by atoms with Crippen LogP contribution in [0.4, 0.5) is 0 Å². The van der Waals surface area contributed by atoms with Crippen molar-refractivity contribution in [3.8, 4) is 5.75 Å². The van der Waals surface area contributed by atoms with Crippen LogP contribution < -0.4 is 10.6 Å². The molecule has 1 saturated heterocycles. The topological polar surface area (TPSA) is 77.0 Å². The highest BCUT2D eigenvalue weighted by Gasteiger charge is 2.23. The Balaban J connectivity index is 0.00000280. The molecule has 28 heavy (non-hydrogen) atoms. The smallest absolute Gasteiger partial charge is 0.220 e. The van der Waals surface area contributed by atoms with Gasteiger partial charge in [-0.25, -0.2) is 0 Å². The molecule has 7 heteroatoms. The molecule has 1 aromatic carbocycles. The zero-order chi connectivity index (χ0) is 19.2. The molecule has 1 amide bonds. The molecule has 0 unspecified atom stereocenters. The summed E-state index contributed by atoms with van der Waals surface area (Å²) in [4.78, 5) is 18.3. The summed E-state index contributed by atoms with van der Waals surface area (Å²) in [5.41, 5.74) is 3.71. The summed E-state index contributed by atoms with van der Waals surface area (Å²) >= 11 is 0. The van der Waals surface area contributed by atoms with Gasteiger partial charge in [0.2, 0.25) is 5.91 Å². The summed E-state index contributed by atoms with van der Waals surface area (Å²) < 4.78 is 0. The first-order chi connectivity index (χ1) is 13.1. The molecule has 1 fully saturated rings. The number of benzene rings is 1. The maximum absolute atomic E-state index is 11.6. The van der Waals surface area contributed by atoms with Crippen LogP contribution in [0, 0.1) is 5.92 Å². The molecule has 1 aliphatic carbocycles. The van der Waals surface area contributed by atoms with Gasteiger partial charge in [-0.05, 0) is 61.6 Å². The SMILES string of the molecule is CN=C(NCc1c(O)ccc2c1CCCC2)N1CCC(CC(=O)NC)CC1.I. The number of carbonyl (C=O) groups excluding carboxylic acids is 1. The van der Waals surface area contributed by atoms with E-state index in [0.717, 1.165) is 50.3 Å². The van der Waals surface area contributed by atoms with E-state index in [1.807, 2.05) is 6.07 Å². The lowest BCUT2D eigenvalue weighted by Gasteiger charge is -2.34. The molecule has 3 rings (SSSR count). The maximum atomic E-state index is 11.6. The highest BCUT2D eigenvalue weighted by atomic mass is 127. The Bertz CT molecular complexity index is 700. The van der Waals surface area contributed by atoms with Gasteiger partial charge in [0.25, 0.3) is 0 Å². The second kappa shape index (κ2) is 10.9. The van der Waals surface area contributed by atoms with E-state index in [9.17, 15) is 9.90 Å². The first-order valence-electron chi connectivity index (χ1n) is 10.1. The van der Waals surface area contributed by atoms with Gasteiger partial charge in [0.1, 0.15) is 5.75 Å². The van der Waals surface area contributed by atoms with Crippen LogP contribution in [0.15, 0.2) is 17.1 Å². The Kier molecular flexibility index (Phi) is 8.85. The van der Waals surface area contributed by atoms with E-state index in [4.69, 9.17) is 0 Å². The van der Waals surface area contributed by atoms with Crippen molar-refractivity contribution < 1.29 is 9.90 Å². The van der Waals surface area contributed by atoms with Gasteiger partial charge in [-0.2, -0.15) is 0 Å². The largest absolute Gasteiger partial charge is 0.508 e. The molecule has 2 aliphatic rings. The number of rotatable bonds is 4. The zero-order valence-electron chi connectivity index (χ0n) is 17.0.